The lowest BCUT2D eigenvalue weighted by atomic mass is 10.2. The fraction of sp³-hybridized carbons (Fsp3) is 0.250. The molecule has 18 heavy (non-hydrogen) atoms. The fourth-order valence-corrected chi connectivity index (χ4v) is 1.24. The smallest absolute Gasteiger partial charge is 0.384 e. The maximum atomic E-state index is 11.3. The van der Waals surface area contributed by atoms with Gasteiger partial charge in [0.05, 0.1) is 19.3 Å². The van der Waals surface area contributed by atoms with Crippen molar-refractivity contribution in [1.82, 2.24) is 4.98 Å². The molecule has 5 nitrogen and oxygen atoms in total. The van der Waals surface area contributed by atoms with Crippen LogP contribution in [0.15, 0.2) is 12.3 Å². The van der Waals surface area contributed by atoms with Crippen LogP contribution in [0.2, 0.25) is 5.15 Å². The Morgan fingerprint density at radius 1 is 1.50 bits per heavy atom. The van der Waals surface area contributed by atoms with Crippen LogP contribution in [0.5, 0.6) is 0 Å². The number of methoxy groups -OCH3 is 1. The maximum Gasteiger partial charge on any atom is 0.384 e. The van der Waals surface area contributed by atoms with E-state index in [9.17, 15) is 9.59 Å². The lowest BCUT2D eigenvalue weighted by Crippen LogP contribution is -2.04. The van der Waals surface area contributed by atoms with Crippen molar-refractivity contribution in [2.75, 3.05) is 13.7 Å². The molecule has 0 spiro atoms. The Kier molecular flexibility index (Phi) is 5.15. The van der Waals surface area contributed by atoms with E-state index in [1.165, 1.54) is 19.4 Å². The summed E-state index contributed by atoms with van der Waals surface area (Å²) in [4.78, 5) is 26.1. The lowest BCUT2D eigenvalue weighted by Gasteiger charge is -2.01. The van der Waals surface area contributed by atoms with Gasteiger partial charge in [0.2, 0.25) is 0 Å². The first kappa shape index (κ1) is 14.0. The van der Waals surface area contributed by atoms with Crippen molar-refractivity contribution in [3.8, 4) is 11.8 Å². The summed E-state index contributed by atoms with van der Waals surface area (Å²) < 4.78 is 9.17. The summed E-state index contributed by atoms with van der Waals surface area (Å²) >= 11 is 5.73. The predicted molar refractivity (Wildman–Crippen MR) is 64.1 cm³/mol. The Labute approximate surface area is 109 Å². The molecule has 0 atom stereocenters. The monoisotopic (exact) mass is 267 g/mol. The third-order valence-corrected chi connectivity index (χ3v) is 2.13. The van der Waals surface area contributed by atoms with Crippen LogP contribution in [-0.4, -0.2) is 30.6 Å². The molecule has 1 heterocycles. The molecule has 0 amide bonds. The van der Waals surface area contributed by atoms with E-state index in [1.54, 1.807) is 6.92 Å². The van der Waals surface area contributed by atoms with Gasteiger partial charge in [-0.3, -0.25) is 0 Å². The largest absolute Gasteiger partial charge is 0.465 e. The number of nitrogens with zero attached hydrogens (tertiary/aromatic N) is 1. The first-order valence-electron chi connectivity index (χ1n) is 5.01. The number of ether oxygens (including phenoxy) is 2. The third kappa shape index (κ3) is 3.75. The van der Waals surface area contributed by atoms with E-state index in [0.29, 0.717) is 5.56 Å². The van der Waals surface area contributed by atoms with Gasteiger partial charge in [0.25, 0.3) is 0 Å². The number of halogens is 1. The van der Waals surface area contributed by atoms with Crippen LogP contribution >= 0.6 is 11.6 Å². The molecule has 0 fully saturated rings. The third-order valence-electron chi connectivity index (χ3n) is 1.83. The van der Waals surface area contributed by atoms with E-state index in [-0.39, 0.29) is 17.3 Å². The minimum absolute atomic E-state index is 0.0172. The molecule has 0 unspecified atom stereocenters. The SMILES string of the molecule is CCOC(=O)C#Cc1cnc(Cl)c(C(=O)OC)c1. The molecule has 0 saturated carbocycles. The molecule has 0 aliphatic heterocycles. The zero-order valence-electron chi connectivity index (χ0n) is 9.82. The second-order valence-electron chi connectivity index (χ2n) is 3.02. The molecule has 1 aromatic rings. The van der Waals surface area contributed by atoms with E-state index in [0.717, 1.165) is 0 Å². The summed E-state index contributed by atoms with van der Waals surface area (Å²) in [7, 11) is 1.23. The van der Waals surface area contributed by atoms with Gasteiger partial charge in [0, 0.05) is 17.7 Å². The Morgan fingerprint density at radius 2 is 2.22 bits per heavy atom. The summed E-state index contributed by atoms with van der Waals surface area (Å²) in [6, 6.07) is 1.40. The highest BCUT2D eigenvalue weighted by Crippen LogP contribution is 2.14. The number of hydrogen-bond donors (Lipinski definition) is 0. The minimum atomic E-state index is -0.646. The first-order chi connectivity index (χ1) is 8.58. The van der Waals surface area contributed by atoms with Crippen LogP contribution < -0.4 is 0 Å². The van der Waals surface area contributed by atoms with Gasteiger partial charge in [0.1, 0.15) is 5.15 Å². The normalized spacial score (nSPS) is 9.06. The van der Waals surface area contributed by atoms with Gasteiger partial charge >= 0.3 is 11.9 Å². The highest BCUT2D eigenvalue weighted by Gasteiger charge is 2.12. The summed E-state index contributed by atoms with van der Waals surface area (Å²) in [6.07, 6.45) is 1.35. The van der Waals surface area contributed by atoms with Crippen molar-refractivity contribution in [2.24, 2.45) is 0 Å². The molecule has 0 aliphatic rings. The maximum absolute atomic E-state index is 11.3. The van der Waals surface area contributed by atoms with Crippen LogP contribution in [0.25, 0.3) is 0 Å². The van der Waals surface area contributed by atoms with Crippen molar-refractivity contribution in [1.29, 1.82) is 0 Å². The van der Waals surface area contributed by atoms with E-state index in [2.05, 4.69) is 26.3 Å². The second kappa shape index (κ2) is 6.62. The quantitative estimate of drug-likeness (QED) is 0.461. The van der Waals surface area contributed by atoms with Crippen LogP contribution in [0, 0.1) is 11.8 Å². The summed E-state index contributed by atoms with van der Waals surface area (Å²) in [5, 5.41) is 0.0172. The summed E-state index contributed by atoms with van der Waals surface area (Å²) in [5.41, 5.74) is 0.461. The summed E-state index contributed by atoms with van der Waals surface area (Å²) in [5.74, 6) is 3.51. The number of aromatic nitrogens is 1. The summed E-state index contributed by atoms with van der Waals surface area (Å²) in [6.45, 7) is 1.93. The van der Waals surface area contributed by atoms with Crippen molar-refractivity contribution < 1.29 is 19.1 Å². The van der Waals surface area contributed by atoms with Crippen molar-refractivity contribution >= 4 is 23.5 Å². The zero-order chi connectivity index (χ0) is 13.5. The number of carbonyl (C=O) groups excluding carboxylic acids is 2. The zero-order valence-corrected chi connectivity index (χ0v) is 10.6. The van der Waals surface area contributed by atoms with Crippen molar-refractivity contribution in [3.63, 3.8) is 0 Å². The van der Waals surface area contributed by atoms with Gasteiger partial charge in [-0.15, -0.1) is 0 Å². The molecule has 94 valence electrons. The molecular formula is C12H10ClNO4. The molecule has 0 aliphatic carbocycles. The first-order valence-corrected chi connectivity index (χ1v) is 5.39. The standard InChI is InChI=1S/C12H10ClNO4/c1-3-18-10(15)5-4-8-6-9(12(16)17-2)11(13)14-7-8/h6-7H,3H2,1-2H3. The van der Waals surface area contributed by atoms with Crippen molar-refractivity contribution in [3.05, 3.63) is 28.5 Å². The van der Waals surface area contributed by atoms with Crippen LogP contribution in [-0.2, 0) is 14.3 Å². The number of hydrogen-bond acceptors (Lipinski definition) is 5. The molecular weight excluding hydrogens is 258 g/mol. The lowest BCUT2D eigenvalue weighted by molar-refractivity contribution is -0.136. The highest BCUT2D eigenvalue weighted by atomic mass is 35.5. The van der Waals surface area contributed by atoms with Crippen LogP contribution in [0.4, 0.5) is 0 Å². The molecule has 1 rings (SSSR count). The average Bonchev–Trinajstić information content (AvgIpc) is 2.37. The average molecular weight is 268 g/mol. The van der Waals surface area contributed by atoms with Gasteiger partial charge in [-0.1, -0.05) is 17.5 Å². The molecule has 1 aromatic heterocycles. The Morgan fingerprint density at radius 3 is 2.83 bits per heavy atom. The predicted octanol–water partition coefficient (Wildman–Crippen LogP) is 1.44. The van der Waals surface area contributed by atoms with Crippen LogP contribution in [0.1, 0.15) is 22.8 Å². The van der Waals surface area contributed by atoms with E-state index < -0.39 is 11.9 Å². The van der Waals surface area contributed by atoms with Gasteiger partial charge in [0.15, 0.2) is 0 Å². The van der Waals surface area contributed by atoms with Gasteiger partial charge < -0.3 is 9.47 Å². The van der Waals surface area contributed by atoms with E-state index in [1.807, 2.05) is 0 Å². The molecule has 0 saturated heterocycles. The van der Waals surface area contributed by atoms with E-state index >= 15 is 0 Å². The van der Waals surface area contributed by atoms with Crippen molar-refractivity contribution in [2.45, 2.75) is 6.92 Å². The molecule has 6 heteroatoms. The Hall–Kier alpha value is -2.06. The molecule has 0 radical (unpaired) electrons. The number of rotatable bonds is 2. The topological polar surface area (TPSA) is 65.5 Å². The van der Waals surface area contributed by atoms with Crippen LogP contribution in [0.3, 0.4) is 0 Å². The number of carbonyl (C=O) groups is 2. The second-order valence-corrected chi connectivity index (χ2v) is 3.38. The minimum Gasteiger partial charge on any atom is -0.465 e. The van der Waals surface area contributed by atoms with E-state index in [4.69, 9.17) is 11.6 Å². The highest BCUT2D eigenvalue weighted by molar-refractivity contribution is 6.32. The Bertz CT molecular complexity index is 531. The molecule has 0 bridgehead atoms. The Balaban J connectivity index is 2.98. The molecule has 0 aromatic carbocycles. The fourth-order valence-electron chi connectivity index (χ4n) is 1.06. The number of esters is 2. The van der Waals surface area contributed by atoms with Gasteiger partial charge in [-0.2, -0.15) is 0 Å². The van der Waals surface area contributed by atoms with Gasteiger partial charge in [-0.25, -0.2) is 14.6 Å². The number of pyridine rings is 1. The molecule has 0 N–H and O–H groups in total. The van der Waals surface area contributed by atoms with Gasteiger partial charge in [-0.05, 0) is 13.0 Å².